The molecule has 2 rings (SSSR count). The first-order chi connectivity index (χ1) is 10.0. The lowest BCUT2D eigenvalue weighted by Crippen LogP contribution is -2.33. The summed E-state index contributed by atoms with van der Waals surface area (Å²) in [7, 11) is 0. The number of nitro groups is 1. The lowest BCUT2D eigenvalue weighted by molar-refractivity contribution is -0.384. The van der Waals surface area contributed by atoms with Crippen molar-refractivity contribution in [2.24, 2.45) is 0 Å². The number of hydrogen-bond acceptors (Lipinski definition) is 6. The molecule has 0 radical (unpaired) electrons. The van der Waals surface area contributed by atoms with Gasteiger partial charge in [0, 0.05) is 18.7 Å². The van der Waals surface area contributed by atoms with Crippen molar-refractivity contribution >= 4 is 16.8 Å². The van der Waals surface area contributed by atoms with Crippen molar-refractivity contribution in [3.8, 4) is 0 Å². The van der Waals surface area contributed by atoms with E-state index < -0.39 is 16.8 Å². The Morgan fingerprint density at radius 2 is 2.29 bits per heavy atom. The van der Waals surface area contributed by atoms with E-state index in [1.807, 2.05) is 6.92 Å². The Kier molecular flexibility index (Phi) is 4.71. The summed E-state index contributed by atoms with van der Waals surface area (Å²) in [5.74, 6) is -0.639. The molecular weight excluding hydrogens is 278 g/mol. The largest absolute Gasteiger partial charge is 0.420 e. The van der Waals surface area contributed by atoms with Gasteiger partial charge in [-0.1, -0.05) is 6.92 Å². The third-order valence-corrected chi connectivity index (χ3v) is 3.06. The number of aromatic nitrogens is 1. The van der Waals surface area contributed by atoms with Crippen molar-refractivity contribution in [3.63, 3.8) is 0 Å². The van der Waals surface area contributed by atoms with Crippen LogP contribution in [0.4, 0.5) is 5.69 Å². The molecule has 1 unspecified atom stereocenters. The Morgan fingerprint density at radius 1 is 1.52 bits per heavy atom. The number of non-ortho nitro benzene ring substituents is 1. The Morgan fingerprint density at radius 3 is 2.95 bits per heavy atom. The molecule has 1 aromatic heterocycles. The van der Waals surface area contributed by atoms with E-state index in [0.29, 0.717) is 12.1 Å². The predicted octanol–water partition coefficient (Wildman–Crippen LogP) is 0.863. The molecule has 21 heavy (non-hydrogen) atoms. The second kappa shape index (κ2) is 6.51. The van der Waals surface area contributed by atoms with Crippen LogP contribution in [0, 0.1) is 10.1 Å². The normalized spacial score (nSPS) is 12.7. The van der Waals surface area contributed by atoms with Gasteiger partial charge in [-0.15, -0.1) is 0 Å². The lowest BCUT2D eigenvalue weighted by atomic mass is 10.2. The van der Waals surface area contributed by atoms with Gasteiger partial charge in [-0.25, -0.2) is 4.79 Å². The van der Waals surface area contributed by atoms with E-state index >= 15 is 0 Å². The van der Waals surface area contributed by atoms with Crippen LogP contribution in [0.5, 0.6) is 0 Å². The smallest absolute Gasteiger partial charge is 0.408 e. The average Bonchev–Trinajstić information content (AvgIpc) is 2.74. The van der Waals surface area contributed by atoms with Crippen LogP contribution in [0.2, 0.25) is 0 Å². The summed E-state index contributed by atoms with van der Waals surface area (Å²) in [5.41, 5.74) is 0.443. The maximum Gasteiger partial charge on any atom is 0.420 e. The Balaban J connectivity index is 2.25. The minimum Gasteiger partial charge on any atom is -0.408 e. The van der Waals surface area contributed by atoms with Crippen molar-refractivity contribution < 1.29 is 14.4 Å². The molecule has 8 heteroatoms. The number of rotatable bonds is 7. The van der Waals surface area contributed by atoms with Gasteiger partial charge in [0.15, 0.2) is 5.58 Å². The Labute approximate surface area is 120 Å². The second-order valence-electron chi connectivity index (χ2n) is 4.75. The fourth-order valence-electron chi connectivity index (χ4n) is 2.06. The van der Waals surface area contributed by atoms with Gasteiger partial charge in [0.05, 0.1) is 23.1 Å². The van der Waals surface area contributed by atoms with Crippen molar-refractivity contribution in [1.82, 2.24) is 9.88 Å². The second-order valence-corrected chi connectivity index (χ2v) is 4.75. The van der Waals surface area contributed by atoms with E-state index in [2.05, 4.69) is 5.32 Å². The maximum absolute atomic E-state index is 11.8. The summed E-state index contributed by atoms with van der Waals surface area (Å²) in [5, 5.41) is 23.7. The topological polar surface area (TPSA) is 111 Å². The summed E-state index contributed by atoms with van der Waals surface area (Å²) >= 11 is 0. The van der Waals surface area contributed by atoms with Crippen LogP contribution >= 0.6 is 0 Å². The van der Waals surface area contributed by atoms with Gasteiger partial charge >= 0.3 is 5.76 Å². The van der Waals surface area contributed by atoms with Crippen molar-refractivity contribution in [1.29, 1.82) is 0 Å². The summed E-state index contributed by atoms with van der Waals surface area (Å²) in [6, 6.07) is 3.92. The van der Waals surface area contributed by atoms with Gasteiger partial charge in [-0.05, 0) is 19.0 Å². The number of nitrogens with zero attached hydrogens (tertiary/aromatic N) is 2. The number of aliphatic hydroxyl groups is 1. The molecule has 1 aromatic carbocycles. The van der Waals surface area contributed by atoms with E-state index in [1.165, 1.54) is 22.8 Å². The minimum absolute atomic E-state index is 0.0176. The number of benzene rings is 1. The number of nitro benzene ring substituents is 1. The summed E-state index contributed by atoms with van der Waals surface area (Å²) < 4.78 is 6.22. The van der Waals surface area contributed by atoms with Crippen LogP contribution < -0.4 is 11.1 Å². The highest BCUT2D eigenvalue weighted by Crippen LogP contribution is 2.20. The number of oxazole rings is 1. The maximum atomic E-state index is 11.8. The van der Waals surface area contributed by atoms with E-state index in [-0.39, 0.29) is 17.8 Å². The van der Waals surface area contributed by atoms with Crippen LogP contribution in [0.15, 0.2) is 27.4 Å². The third kappa shape index (κ3) is 3.47. The average molecular weight is 295 g/mol. The van der Waals surface area contributed by atoms with Crippen LogP contribution in [0.1, 0.15) is 13.3 Å². The van der Waals surface area contributed by atoms with E-state index in [0.717, 1.165) is 13.0 Å². The molecule has 114 valence electrons. The van der Waals surface area contributed by atoms with Crippen LogP contribution in [-0.2, 0) is 6.54 Å². The molecule has 1 heterocycles. The van der Waals surface area contributed by atoms with Gasteiger partial charge < -0.3 is 14.8 Å². The van der Waals surface area contributed by atoms with Crippen LogP contribution in [0.25, 0.3) is 11.1 Å². The molecule has 8 nitrogen and oxygen atoms in total. The highest BCUT2D eigenvalue weighted by Gasteiger charge is 2.16. The fraction of sp³-hybridized carbons (Fsp3) is 0.462. The molecule has 0 fully saturated rings. The quantitative estimate of drug-likeness (QED) is 0.445. The first-order valence-corrected chi connectivity index (χ1v) is 6.69. The van der Waals surface area contributed by atoms with Crippen LogP contribution in [-0.4, -0.2) is 33.8 Å². The molecular formula is C13H17N3O5. The monoisotopic (exact) mass is 295 g/mol. The molecule has 0 saturated carbocycles. The fourth-order valence-corrected chi connectivity index (χ4v) is 2.06. The molecule has 0 bridgehead atoms. The standard InChI is InChI=1S/C13H17N3O5/c1-2-5-14-7-10(17)8-15-11-6-9(16(19)20)3-4-12(11)21-13(15)18/h3-4,6,10,14,17H,2,5,7-8H2,1H3. The van der Waals surface area contributed by atoms with Crippen molar-refractivity contribution in [2.45, 2.75) is 26.0 Å². The number of aliphatic hydroxyl groups excluding tert-OH is 1. The van der Waals surface area contributed by atoms with Gasteiger partial charge in [0.2, 0.25) is 0 Å². The molecule has 0 aliphatic carbocycles. The van der Waals surface area contributed by atoms with Gasteiger partial charge in [0.1, 0.15) is 0 Å². The Hall–Kier alpha value is -2.19. The molecule has 2 N–H and O–H groups in total. The number of fused-ring (bicyclic) bond motifs is 1. The SMILES string of the molecule is CCCNCC(O)Cn1c(=O)oc2ccc([N+](=O)[O-])cc21. The van der Waals surface area contributed by atoms with Crippen molar-refractivity contribution in [3.05, 3.63) is 38.9 Å². The highest BCUT2D eigenvalue weighted by atomic mass is 16.6. The molecule has 0 spiro atoms. The van der Waals surface area contributed by atoms with Gasteiger partial charge in [-0.3, -0.25) is 14.7 Å². The number of hydrogen-bond donors (Lipinski definition) is 2. The highest BCUT2D eigenvalue weighted by molar-refractivity contribution is 5.75. The molecule has 2 aromatic rings. The molecule has 1 atom stereocenters. The van der Waals surface area contributed by atoms with E-state index in [4.69, 9.17) is 4.42 Å². The zero-order chi connectivity index (χ0) is 15.4. The summed E-state index contributed by atoms with van der Waals surface area (Å²) in [6.45, 7) is 3.13. The zero-order valence-corrected chi connectivity index (χ0v) is 11.6. The predicted molar refractivity (Wildman–Crippen MR) is 76.3 cm³/mol. The van der Waals surface area contributed by atoms with Gasteiger partial charge in [-0.2, -0.15) is 0 Å². The summed E-state index contributed by atoms with van der Waals surface area (Å²) in [4.78, 5) is 22.0. The third-order valence-electron chi connectivity index (χ3n) is 3.06. The first kappa shape index (κ1) is 15.2. The lowest BCUT2D eigenvalue weighted by Gasteiger charge is -2.11. The van der Waals surface area contributed by atoms with E-state index in [1.54, 1.807) is 0 Å². The first-order valence-electron chi connectivity index (χ1n) is 6.69. The molecule has 0 amide bonds. The van der Waals surface area contributed by atoms with Gasteiger partial charge in [0.25, 0.3) is 5.69 Å². The summed E-state index contributed by atoms with van der Waals surface area (Å²) in [6.07, 6.45) is 0.155. The van der Waals surface area contributed by atoms with E-state index in [9.17, 15) is 20.0 Å². The molecule has 0 aliphatic rings. The molecule has 0 saturated heterocycles. The van der Waals surface area contributed by atoms with Crippen LogP contribution in [0.3, 0.4) is 0 Å². The minimum atomic E-state index is -0.783. The molecule has 0 aliphatic heterocycles. The van der Waals surface area contributed by atoms with Crippen molar-refractivity contribution in [2.75, 3.05) is 13.1 Å². The Bertz CT molecular complexity index is 691. The zero-order valence-electron chi connectivity index (χ0n) is 11.6. The number of nitrogens with one attached hydrogen (secondary N) is 1.